The summed E-state index contributed by atoms with van der Waals surface area (Å²) in [6.07, 6.45) is 4.25. The van der Waals surface area contributed by atoms with Crippen molar-refractivity contribution in [2.24, 2.45) is 23.2 Å². The van der Waals surface area contributed by atoms with Gasteiger partial charge in [-0.1, -0.05) is 32.9 Å². The van der Waals surface area contributed by atoms with Gasteiger partial charge in [-0.3, -0.25) is 9.59 Å². The summed E-state index contributed by atoms with van der Waals surface area (Å²) in [7, 11) is -1.97. The number of fused-ring (bicyclic) bond motifs is 6. The van der Waals surface area contributed by atoms with E-state index in [-0.39, 0.29) is 34.4 Å². The Morgan fingerprint density at radius 3 is 2.61 bits per heavy atom. The van der Waals surface area contributed by atoms with Crippen LogP contribution in [0.2, 0.25) is 18.1 Å². The minimum Gasteiger partial charge on any atom is -0.416 e. The summed E-state index contributed by atoms with van der Waals surface area (Å²) in [6.45, 7) is 11.4. The molecular weight excluding hydrogens is 308 g/mol. The molecule has 3 fully saturated rings. The van der Waals surface area contributed by atoms with Gasteiger partial charge in [0.2, 0.25) is 0 Å². The van der Waals surface area contributed by atoms with Crippen molar-refractivity contribution in [3.63, 3.8) is 0 Å². The highest BCUT2D eigenvalue weighted by Gasteiger charge is 2.73. The van der Waals surface area contributed by atoms with Crippen molar-refractivity contribution in [2.45, 2.75) is 57.5 Å². The monoisotopic (exact) mass is 334 g/mol. The van der Waals surface area contributed by atoms with E-state index in [2.05, 4.69) is 46.0 Å². The number of Topliss-reactive ketones (excluding diaryl/α,β-unsaturated/α-hetero) is 2. The number of hydrogen-bond donors (Lipinski definition) is 0. The number of allylic oxidation sites excluding steroid dienone is 2. The van der Waals surface area contributed by atoms with Gasteiger partial charge in [0, 0.05) is 12.5 Å². The predicted molar refractivity (Wildman–Crippen MR) is 88.5 cm³/mol. The average molecular weight is 334 g/mol. The van der Waals surface area contributed by atoms with Gasteiger partial charge in [-0.25, -0.2) is 0 Å². The van der Waals surface area contributed by atoms with Gasteiger partial charge < -0.3 is 9.16 Å². The van der Waals surface area contributed by atoms with Crippen LogP contribution < -0.4 is 0 Å². The predicted octanol–water partition coefficient (Wildman–Crippen LogP) is 2.74. The lowest BCUT2D eigenvalue weighted by Crippen LogP contribution is -2.57. The second-order valence-corrected chi connectivity index (χ2v) is 14.0. The Labute approximate surface area is 138 Å². The highest BCUT2D eigenvalue weighted by molar-refractivity contribution is 6.74. The molecule has 0 N–H and O–H groups in total. The van der Waals surface area contributed by atoms with Gasteiger partial charge in [-0.05, 0) is 36.4 Å². The van der Waals surface area contributed by atoms with Gasteiger partial charge in [0.1, 0.15) is 0 Å². The van der Waals surface area contributed by atoms with Crippen LogP contribution in [-0.2, 0) is 18.8 Å². The second-order valence-electron chi connectivity index (χ2n) is 9.20. The van der Waals surface area contributed by atoms with Gasteiger partial charge >= 0.3 is 0 Å². The maximum Gasteiger partial charge on any atom is 0.192 e. The molecular formula is C18H26O4Si. The summed E-state index contributed by atoms with van der Waals surface area (Å²) < 4.78 is 11.9. The molecule has 23 heavy (non-hydrogen) atoms. The van der Waals surface area contributed by atoms with Crippen molar-refractivity contribution < 1.29 is 18.8 Å². The van der Waals surface area contributed by atoms with E-state index in [4.69, 9.17) is 9.16 Å². The third kappa shape index (κ3) is 1.90. The quantitative estimate of drug-likeness (QED) is 0.452. The molecule has 5 heteroatoms. The zero-order chi connectivity index (χ0) is 16.8. The molecule has 4 nitrogen and oxygen atoms in total. The van der Waals surface area contributed by atoms with Crippen LogP contribution >= 0.6 is 0 Å². The molecule has 0 radical (unpaired) electrons. The van der Waals surface area contributed by atoms with Crippen molar-refractivity contribution in [1.29, 1.82) is 0 Å². The maximum absolute atomic E-state index is 13.1. The molecule has 0 amide bonds. The molecule has 2 saturated carbocycles. The van der Waals surface area contributed by atoms with E-state index in [0.29, 0.717) is 6.61 Å². The lowest BCUT2D eigenvalue weighted by atomic mass is 9.60. The minimum atomic E-state index is -1.97. The zero-order valence-electron chi connectivity index (χ0n) is 14.6. The molecule has 1 heterocycles. The minimum absolute atomic E-state index is 0.0902. The number of ether oxygens (including phenoxy) is 1. The molecule has 1 saturated heterocycles. The summed E-state index contributed by atoms with van der Waals surface area (Å²) in [5, 5.41) is 0.0902. The number of carbonyl (C=O) groups is 2. The summed E-state index contributed by atoms with van der Waals surface area (Å²) >= 11 is 0. The number of ketones is 2. The van der Waals surface area contributed by atoms with E-state index in [0.717, 1.165) is 6.42 Å². The van der Waals surface area contributed by atoms with Crippen LogP contribution in [0.3, 0.4) is 0 Å². The second kappa shape index (κ2) is 4.44. The number of epoxide rings is 1. The molecule has 0 spiro atoms. The number of rotatable bonds is 3. The van der Waals surface area contributed by atoms with Crippen molar-refractivity contribution in [3.8, 4) is 0 Å². The van der Waals surface area contributed by atoms with Crippen molar-refractivity contribution >= 4 is 19.9 Å². The van der Waals surface area contributed by atoms with Crippen LogP contribution in [0.1, 0.15) is 27.2 Å². The summed E-state index contributed by atoms with van der Waals surface area (Å²) in [5.41, 5.74) is -0.663. The fraction of sp³-hybridized carbons (Fsp3) is 0.778. The molecule has 2 bridgehead atoms. The van der Waals surface area contributed by atoms with Gasteiger partial charge in [-0.15, -0.1) is 0 Å². The Morgan fingerprint density at radius 2 is 1.96 bits per heavy atom. The third-order valence-corrected chi connectivity index (χ3v) is 11.5. The van der Waals surface area contributed by atoms with Gasteiger partial charge in [0.25, 0.3) is 0 Å². The highest BCUT2D eigenvalue weighted by Crippen LogP contribution is 2.62. The fourth-order valence-electron chi connectivity index (χ4n) is 4.52. The summed E-state index contributed by atoms with van der Waals surface area (Å²) in [5.74, 6) is 0.389. The molecule has 6 atom stereocenters. The van der Waals surface area contributed by atoms with E-state index >= 15 is 0 Å². The first-order valence-electron chi connectivity index (χ1n) is 8.65. The molecule has 1 aliphatic heterocycles. The molecule has 0 unspecified atom stereocenters. The van der Waals surface area contributed by atoms with Crippen molar-refractivity contribution in [2.75, 3.05) is 6.61 Å². The molecule has 0 aromatic rings. The van der Waals surface area contributed by atoms with Crippen LogP contribution in [0.25, 0.3) is 0 Å². The topological polar surface area (TPSA) is 55.9 Å². The van der Waals surface area contributed by atoms with E-state index in [1.54, 1.807) is 0 Å². The Balaban J connectivity index is 1.68. The summed E-state index contributed by atoms with van der Waals surface area (Å²) in [4.78, 5) is 25.9. The number of carbonyl (C=O) groups excluding carboxylic acids is 2. The van der Waals surface area contributed by atoms with Gasteiger partial charge in [-0.2, -0.15) is 0 Å². The molecule has 3 aliphatic carbocycles. The fourth-order valence-corrected chi connectivity index (χ4v) is 5.56. The lowest BCUT2D eigenvalue weighted by molar-refractivity contribution is -0.146. The Bertz CT molecular complexity index is 617. The standard InChI is InChI=1S/C18H26O4Si/c1-17(2,3)23(4,5)21-9-18-11-7-6-10(8-11)12(18)13(19)14-15(22-14)16(18)20/h6-7,10-12,14-15H,8-9H2,1-5H3/t10-,11+,12+,14+,15+,18+/m1/s1. The number of hydrogen-bond acceptors (Lipinski definition) is 4. The first-order chi connectivity index (χ1) is 10.6. The molecule has 0 aromatic carbocycles. The third-order valence-electron chi connectivity index (χ3n) is 7.04. The van der Waals surface area contributed by atoms with Crippen LogP contribution in [0, 0.1) is 23.2 Å². The smallest absolute Gasteiger partial charge is 0.192 e. The van der Waals surface area contributed by atoms with Crippen LogP contribution in [0.4, 0.5) is 0 Å². The van der Waals surface area contributed by atoms with E-state index in [1.165, 1.54) is 0 Å². The Kier molecular flexibility index (Phi) is 3.03. The first-order valence-corrected chi connectivity index (χ1v) is 11.6. The van der Waals surface area contributed by atoms with Crippen LogP contribution in [0.5, 0.6) is 0 Å². The van der Waals surface area contributed by atoms with E-state index in [1.807, 2.05) is 0 Å². The van der Waals surface area contributed by atoms with Gasteiger partial charge in [0.15, 0.2) is 32.1 Å². The lowest BCUT2D eigenvalue weighted by Gasteiger charge is -2.45. The maximum atomic E-state index is 13.1. The molecule has 4 rings (SSSR count). The molecule has 126 valence electrons. The largest absolute Gasteiger partial charge is 0.416 e. The normalized spacial score (nSPS) is 44.5. The SMILES string of the molecule is CC(C)(C)[Si](C)(C)OC[C@@]12C(=O)[C@H]3O[C@H]3C(=O)[C@@H]1[C@@H]1C=C[C@H]2C1. The Hall–Kier alpha value is -0.783. The molecule has 4 aliphatic rings. The van der Waals surface area contributed by atoms with Crippen molar-refractivity contribution in [1.82, 2.24) is 0 Å². The average Bonchev–Trinajstić information content (AvgIpc) is 3.02. The zero-order valence-corrected chi connectivity index (χ0v) is 15.6. The van der Waals surface area contributed by atoms with Crippen LogP contribution in [0.15, 0.2) is 12.2 Å². The summed E-state index contributed by atoms with van der Waals surface area (Å²) in [6, 6.07) is 0. The highest BCUT2D eigenvalue weighted by atomic mass is 28.4. The Morgan fingerprint density at radius 1 is 1.26 bits per heavy atom. The van der Waals surface area contributed by atoms with Gasteiger partial charge in [0.05, 0.1) is 5.41 Å². The molecule has 0 aromatic heterocycles. The first kappa shape index (κ1) is 15.7. The van der Waals surface area contributed by atoms with E-state index in [9.17, 15) is 9.59 Å². The van der Waals surface area contributed by atoms with Crippen LogP contribution in [-0.4, -0.2) is 38.7 Å². The van der Waals surface area contributed by atoms with E-state index < -0.39 is 25.9 Å². The van der Waals surface area contributed by atoms with Crippen molar-refractivity contribution in [3.05, 3.63) is 12.2 Å².